The molecule has 8 heteroatoms. The third-order valence-electron chi connectivity index (χ3n) is 3.77. The Morgan fingerprint density at radius 2 is 1.92 bits per heavy atom. The zero-order valence-corrected chi connectivity index (χ0v) is 16.6. The Kier molecular flexibility index (Phi) is 7.14. The van der Waals surface area contributed by atoms with Gasteiger partial charge in [-0.25, -0.2) is 4.39 Å². The summed E-state index contributed by atoms with van der Waals surface area (Å²) in [5.41, 5.74) is 1.04. The minimum Gasteiger partial charge on any atom is -0.325 e. The first-order chi connectivity index (χ1) is 12.3. The number of nitrogens with zero attached hydrogens (tertiary/aromatic N) is 1. The van der Waals surface area contributed by atoms with Crippen LogP contribution in [-0.4, -0.2) is 36.3 Å². The second-order valence-corrected chi connectivity index (χ2v) is 7.00. The van der Waals surface area contributed by atoms with Crippen LogP contribution < -0.4 is 10.6 Å². The monoisotopic (exact) mass is 441 g/mol. The molecule has 26 heavy (non-hydrogen) atoms. The van der Waals surface area contributed by atoms with Crippen molar-refractivity contribution in [3.63, 3.8) is 0 Å². The summed E-state index contributed by atoms with van der Waals surface area (Å²) in [4.78, 5) is 26.1. The first kappa shape index (κ1) is 20.4. The zero-order valence-electron chi connectivity index (χ0n) is 14.2. The number of hydrogen-bond acceptors (Lipinski definition) is 3. The summed E-state index contributed by atoms with van der Waals surface area (Å²) in [6.45, 7) is 1.70. The van der Waals surface area contributed by atoms with Crippen molar-refractivity contribution in [1.82, 2.24) is 4.90 Å². The summed E-state index contributed by atoms with van der Waals surface area (Å²) < 4.78 is 13.9. The fourth-order valence-corrected chi connectivity index (χ4v) is 2.70. The third kappa shape index (κ3) is 5.52. The highest BCUT2D eigenvalue weighted by Crippen LogP contribution is 2.21. The Bertz CT molecular complexity index is 819. The van der Waals surface area contributed by atoms with Crippen LogP contribution in [0.25, 0.3) is 0 Å². The van der Waals surface area contributed by atoms with E-state index in [1.807, 2.05) is 18.2 Å². The van der Waals surface area contributed by atoms with E-state index >= 15 is 0 Å². The Labute approximate surface area is 164 Å². The van der Waals surface area contributed by atoms with E-state index in [9.17, 15) is 14.0 Å². The predicted octanol–water partition coefficient (Wildman–Crippen LogP) is 4.14. The maximum atomic E-state index is 13.2. The van der Waals surface area contributed by atoms with Crippen molar-refractivity contribution in [2.45, 2.75) is 13.0 Å². The standard InChI is InChI=1S/C18H18BrClFN3O2/c1-11(18(26)22-12-7-8-15(21)14(20)9-12)24(2)10-17(25)23-16-6-4-3-5-13(16)19/h3-9,11H,10H2,1-2H3,(H,22,26)(H,23,25). The molecule has 1 atom stereocenters. The van der Waals surface area contributed by atoms with E-state index in [0.717, 1.165) is 4.47 Å². The molecule has 2 aromatic rings. The van der Waals surface area contributed by atoms with Gasteiger partial charge in [0, 0.05) is 10.2 Å². The molecule has 0 bridgehead atoms. The van der Waals surface area contributed by atoms with E-state index in [2.05, 4.69) is 26.6 Å². The summed E-state index contributed by atoms with van der Waals surface area (Å²) in [7, 11) is 1.67. The minimum atomic E-state index is -0.580. The summed E-state index contributed by atoms with van der Waals surface area (Å²) >= 11 is 9.07. The number of hydrogen-bond donors (Lipinski definition) is 2. The number of carbonyl (C=O) groups is 2. The van der Waals surface area contributed by atoms with Crippen LogP contribution in [0.3, 0.4) is 0 Å². The van der Waals surface area contributed by atoms with Gasteiger partial charge in [0.05, 0.1) is 23.3 Å². The van der Waals surface area contributed by atoms with Gasteiger partial charge >= 0.3 is 0 Å². The quantitative estimate of drug-likeness (QED) is 0.707. The molecule has 0 saturated heterocycles. The largest absolute Gasteiger partial charge is 0.325 e. The molecule has 0 aliphatic heterocycles. The van der Waals surface area contributed by atoms with Gasteiger partial charge in [0.1, 0.15) is 5.82 Å². The number of likely N-dealkylation sites (N-methyl/N-ethyl adjacent to an activating group) is 1. The predicted molar refractivity (Wildman–Crippen MR) is 105 cm³/mol. The van der Waals surface area contributed by atoms with Crippen LogP contribution in [0.4, 0.5) is 15.8 Å². The Balaban J connectivity index is 1.92. The van der Waals surface area contributed by atoms with Gasteiger partial charge in [0.2, 0.25) is 11.8 Å². The molecule has 2 aromatic carbocycles. The summed E-state index contributed by atoms with van der Waals surface area (Å²) in [5.74, 6) is -1.13. The number of benzene rings is 2. The van der Waals surface area contributed by atoms with Crippen molar-refractivity contribution in [2.24, 2.45) is 0 Å². The number of rotatable bonds is 6. The first-order valence-corrected chi connectivity index (χ1v) is 8.95. The van der Waals surface area contributed by atoms with Crippen molar-refractivity contribution in [1.29, 1.82) is 0 Å². The Morgan fingerprint density at radius 3 is 2.58 bits per heavy atom. The normalized spacial score (nSPS) is 11.9. The Hall–Kier alpha value is -1.96. The lowest BCUT2D eigenvalue weighted by atomic mass is 10.2. The molecule has 0 saturated carbocycles. The number of para-hydroxylation sites is 1. The molecule has 5 nitrogen and oxygen atoms in total. The van der Waals surface area contributed by atoms with Gasteiger partial charge in [-0.15, -0.1) is 0 Å². The lowest BCUT2D eigenvalue weighted by Gasteiger charge is -2.23. The molecule has 0 aliphatic carbocycles. The van der Waals surface area contributed by atoms with Gasteiger partial charge in [0.15, 0.2) is 0 Å². The number of anilines is 2. The van der Waals surface area contributed by atoms with Crippen LogP contribution in [0.5, 0.6) is 0 Å². The van der Waals surface area contributed by atoms with E-state index in [1.54, 1.807) is 24.9 Å². The second-order valence-electron chi connectivity index (χ2n) is 5.74. The number of carbonyl (C=O) groups excluding carboxylic acids is 2. The molecule has 0 spiro atoms. The van der Waals surface area contributed by atoms with Crippen molar-refractivity contribution in [2.75, 3.05) is 24.2 Å². The van der Waals surface area contributed by atoms with Gasteiger partial charge in [-0.05, 0) is 60.2 Å². The van der Waals surface area contributed by atoms with Crippen molar-refractivity contribution in [3.8, 4) is 0 Å². The Morgan fingerprint density at radius 1 is 1.23 bits per heavy atom. The van der Waals surface area contributed by atoms with E-state index in [4.69, 9.17) is 11.6 Å². The molecular weight excluding hydrogens is 425 g/mol. The van der Waals surface area contributed by atoms with Crippen LogP contribution in [-0.2, 0) is 9.59 Å². The van der Waals surface area contributed by atoms with Crippen LogP contribution in [0.15, 0.2) is 46.9 Å². The molecule has 138 valence electrons. The number of amides is 2. The SMILES string of the molecule is CC(C(=O)Nc1ccc(F)c(Cl)c1)N(C)CC(=O)Nc1ccccc1Br. The molecule has 0 aliphatic rings. The minimum absolute atomic E-state index is 0.0279. The number of nitrogens with one attached hydrogen (secondary N) is 2. The van der Waals surface area contributed by atoms with Gasteiger partial charge in [-0.3, -0.25) is 14.5 Å². The molecule has 0 aromatic heterocycles. The average molecular weight is 443 g/mol. The second kappa shape index (κ2) is 9.12. The highest BCUT2D eigenvalue weighted by molar-refractivity contribution is 9.10. The van der Waals surface area contributed by atoms with Crippen molar-refractivity contribution in [3.05, 3.63) is 57.8 Å². The van der Waals surface area contributed by atoms with Crippen LogP contribution in [0, 0.1) is 5.82 Å². The van der Waals surface area contributed by atoms with Crippen LogP contribution >= 0.6 is 27.5 Å². The van der Waals surface area contributed by atoms with Crippen molar-refractivity contribution >= 4 is 50.7 Å². The topological polar surface area (TPSA) is 61.4 Å². The molecular formula is C18H18BrClFN3O2. The van der Waals surface area contributed by atoms with Crippen LogP contribution in [0.1, 0.15) is 6.92 Å². The molecule has 2 N–H and O–H groups in total. The first-order valence-electron chi connectivity index (χ1n) is 7.78. The van der Waals surface area contributed by atoms with Gasteiger partial charge in [-0.2, -0.15) is 0 Å². The highest BCUT2D eigenvalue weighted by atomic mass is 79.9. The van der Waals surface area contributed by atoms with Gasteiger partial charge < -0.3 is 10.6 Å². The van der Waals surface area contributed by atoms with E-state index in [-0.39, 0.29) is 23.4 Å². The smallest absolute Gasteiger partial charge is 0.241 e. The maximum Gasteiger partial charge on any atom is 0.241 e. The average Bonchev–Trinajstić information content (AvgIpc) is 2.59. The lowest BCUT2D eigenvalue weighted by molar-refractivity contribution is -0.122. The fourth-order valence-electron chi connectivity index (χ4n) is 2.14. The summed E-state index contributed by atoms with van der Waals surface area (Å²) in [6.07, 6.45) is 0. The maximum absolute atomic E-state index is 13.2. The van der Waals surface area contributed by atoms with Gasteiger partial charge in [-0.1, -0.05) is 23.7 Å². The van der Waals surface area contributed by atoms with E-state index in [0.29, 0.717) is 11.4 Å². The summed E-state index contributed by atoms with van der Waals surface area (Å²) in [5, 5.41) is 5.36. The van der Waals surface area contributed by atoms with Crippen LogP contribution in [0.2, 0.25) is 5.02 Å². The molecule has 1 unspecified atom stereocenters. The van der Waals surface area contributed by atoms with Crippen molar-refractivity contribution < 1.29 is 14.0 Å². The molecule has 0 radical (unpaired) electrons. The van der Waals surface area contributed by atoms with Gasteiger partial charge in [0.25, 0.3) is 0 Å². The molecule has 2 amide bonds. The fraction of sp³-hybridized carbons (Fsp3) is 0.222. The molecule has 2 rings (SSSR count). The van der Waals surface area contributed by atoms with E-state index < -0.39 is 11.9 Å². The molecule has 0 fully saturated rings. The third-order valence-corrected chi connectivity index (χ3v) is 4.75. The zero-order chi connectivity index (χ0) is 19.3. The summed E-state index contributed by atoms with van der Waals surface area (Å²) in [6, 6.07) is 10.6. The van der Waals surface area contributed by atoms with E-state index in [1.165, 1.54) is 18.2 Å². The number of halogens is 3. The highest BCUT2D eigenvalue weighted by Gasteiger charge is 2.20. The molecule has 0 heterocycles. The lowest BCUT2D eigenvalue weighted by Crippen LogP contribution is -2.43.